The lowest BCUT2D eigenvalue weighted by Crippen LogP contribution is -2.29. The first kappa shape index (κ1) is 17.7. The molecule has 0 unspecified atom stereocenters. The van der Waals surface area contributed by atoms with Gasteiger partial charge in [0.2, 0.25) is 6.41 Å². The van der Waals surface area contributed by atoms with Gasteiger partial charge in [-0.25, -0.2) is 4.79 Å². The predicted octanol–water partition coefficient (Wildman–Crippen LogP) is 1.98. The van der Waals surface area contributed by atoms with Gasteiger partial charge in [0.1, 0.15) is 11.4 Å². The molecule has 0 aliphatic heterocycles. The van der Waals surface area contributed by atoms with Crippen molar-refractivity contribution in [3.8, 4) is 11.8 Å². The molecule has 0 atom stereocenters. The van der Waals surface area contributed by atoms with Crippen LogP contribution in [0.5, 0.6) is 0 Å². The average molecular weight is 323 g/mol. The number of amides is 1. The van der Waals surface area contributed by atoms with Crippen LogP contribution < -0.4 is 4.90 Å². The molecule has 0 saturated heterocycles. The van der Waals surface area contributed by atoms with E-state index < -0.39 is 18.5 Å². The molecule has 1 rings (SSSR count). The maximum absolute atomic E-state index is 11.8. The molecule has 0 radical (unpaired) electrons. The summed E-state index contributed by atoms with van der Waals surface area (Å²) in [4.78, 5) is 35.4. The summed E-state index contributed by atoms with van der Waals surface area (Å²) < 4.78 is 4.67. The Morgan fingerprint density at radius 3 is 2.55 bits per heavy atom. The van der Waals surface area contributed by atoms with Gasteiger partial charge in [-0.1, -0.05) is 11.8 Å². The highest BCUT2D eigenvalue weighted by Gasteiger charge is 2.22. The minimum atomic E-state index is -1.18. The third-order valence-electron chi connectivity index (χ3n) is 2.39. The van der Waals surface area contributed by atoms with Crippen LogP contribution in [0.15, 0.2) is 6.07 Å². The smallest absolute Gasteiger partial charge is 0.350 e. The fraction of sp³-hybridized carbons (Fsp3) is 0.400. The van der Waals surface area contributed by atoms with E-state index in [4.69, 9.17) is 5.11 Å². The summed E-state index contributed by atoms with van der Waals surface area (Å²) in [5, 5.41) is 8.84. The van der Waals surface area contributed by atoms with Crippen molar-refractivity contribution < 1.29 is 24.2 Å². The van der Waals surface area contributed by atoms with Gasteiger partial charge >= 0.3 is 11.9 Å². The normalized spacial score (nSPS) is 10.4. The van der Waals surface area contributed by atoms with E-state index in [1.165, 1.54) is 13.2 Å². The Balaban J connectivity index is 3.31. The topological polar surface area (TPSA) is 83.9 Å². The van der Waals surface area contributed by atoms with Crippen molar-refractivity contribution in [3.05, 3.63) is 15.8 Å². The van der Waals surface area contributed by atoms with Gasteiger partial charge in [-0.15, -0.1) is 11.3 Å². The summed E-state index contributed by atoms with van der Waals surface area (Å²) in [7, 11) is 1.22. The molecular formula is C15H17NO5S. The minimum Gasteiger partial charge on any atom is -0.480 e. The molecule has 0 spiro atoms. The summed E-state index contributed by atoms with van der Waals surface area (Å²) in [6, 6.07) is 1.52. The first-order valence-electron chi connectivity index (χ1n) is 6.37. The van der Waals surface area contributed by atoms with Crippen molar-refractivity contribution in [3.63, 3.8) is 0 Å². The van der Waals surface area contributed by atoms with E-state index in [2.05, 4.69) is 16.6 Å². The highest BCUT2D eigenvalue weighted by atomic mass is 32.1. The molecule has 1 aromatic heterocycles. The lowest BCUT2D eigenvalue weighted by molar-refractivity contribution is -0.136. The van der Waals surface area contributed by atoms with Crippen LogP contribution in [0, 0.1) is 17.3 Å². The zero-order chi connectivity index (χ0) is 16.9. The van der Waals surface area contributed by atoms with Gasteiger partial charge < -0.3 is 14.7 Å². The van der Waals surface area contributed by atoms with Gasteiger partial charge in [-0.2, -0.15) is 0 Å². The zero-order valence-corrected chi connectivity index (χ0v) is 13.6. The zero-order valence-electron chi connectivity index (χ0n) is 12.8. The summed E-state index contributed by atoms with van der Waals surface area (Å²) in [6.07, 6.45) is 0.365. The Kier molecular flexibility index (Phi) is 5.71. The predicted molar refractivity (Wildman–Crippen MR) is 83.0 cm³/mol. The van der Waals surface area contributed by atoms with E-state index in [0.29, 0.717) is 11.3 Å². The highest BCUT2D eigenvalue weighted by molar-refractivity contribution is 7.15. The molecule has 0 aromatic carbocycles. The number of nitrogens with zero attached hydrogens (tertiary/aromatic N) is 1. The molecule has 0 aliphatic rings. The van der Waals surface area contributed by atoms with Gasteiger partial charge in [-0.05, 0) is 26.8 Å². The van der Waals surface area contributed by atoms with Crippen molar-refractivity contribution in [2.75, 3.05) is 18.6 Å². The molecule has 1 amide bonds. The number of ether oxygens (including phenoxy) is 1. The monoisotopic (exact) mass is 323 g/mol. The fourth-order valence-corrected chi connectivity index (χ4v) is 2.41. The van der Waals surface area contributed by atoms with E-state index in [1.807, 2.05) is 20.8 Å². The lowest BCUT2D eigenvalue weighted by atomic mass is 9.98. The molecule has 1 N–H and O–H groups in total. The van der Waals surface area contributed by atoms with Crippen LogP contribution in [-0.2, 0) is 14.3 Å². The Bertz CT molecular complexity index is 645. The van der Waals surface area contributed by atoms with Gasteiger partial charge in [0.25, 0.3) is 0 Å². The number of methoxy groups -OCH3 is 1. The lowest BCUT2D eigenvalue weighted by Gasteiger charge is -2.14. The summed E-state index contributed by atoms with van der Waals surface area (Å²) in [6.45, 7) is 5.28. The first-order chi connectivity index (χ1) is 10.2. The third kappa shape index (κ3) is 4.90. The van der Waals surface area contributed by atoms with Crippen LogP contribution in [0.1, 0.15) is 35.3 Å². The number of carbonyl (C=O) groups is 3. The van der Waals surface area contributed by atoms with Crippen molar-refractivity contribution in [2.24, 2.45) is 5.41 Å². The van der Waals surface area contributed by atoms with Crippen molar-refractivity contribution in [1.29, 1.82) is 0 Å². The van der Waals surface area contributed by atoms with E-state index in [-0.39, 0.29) is 16.0 Å². The number of esters is 1. The number of hydrogen-bond acceptors (Lipinski definition) is 5. The number of carboxylic acids is 1. The number of aliphatic carboxylic acids is 1. The molecule has 0 aliphatic carbocycles. The molecule has 7 heteroatoms. The number of carbonyl (C=O) groups excluding carboxylic acids is 2. The largest absolute Gasteiger partial charge is 0.480 e. The second-order valence-corrected chi connectivity index (χ2v) is 6.50. The number of anilines is 1. The average Bonchev–Trinajstić information content (AvgIpc) is 2.84. The fourth-order valence-electron chi connectivity index (χ4n) is 1.47. The van der Waals surface area contributed by atoms with Crippen LogP contribution in [0.4, 0.5) is 5.69 Å². The Morgan fingerprint density at radius 1 is 1.45 bits per heavy atom. The summed E-state index contributed by atoms with van der Waals surface area (Å²) >= 11 is 1.06. The van der Waals surface area contributed by atoms with Crippen LogP contribution >= 0.6 is 11.3 Å². The molecular weight excluding hydrogens is 306 g/mol. The molecule has 1 aromatic rings. The molecule has 1 heterocycles. The highest BCUT2D eigenvalue weighted by Crippen LogP contribution is 2.30. The van der Waals surface area contributed by atoms with Crippen molar-refractivity contribution in [2.45, 2.75) is 20.8 Å². The van der Waals surface area contributed by atoms with Crippen LogP contribution in [0.25, 0.3) is 0 Å². The van der Waals surface area contributed by atoms with E-state index in [1.54, 1.807) is 0 Å². The maximum Gasteiger partial charge on any atom is 0.350 e. The van der Waals surface area contributed by atoms with Crippen molar-refractivity contribution >= 4 is 35.4 Å². The number of hydrogen-bond donors (Lipinski definition) is 1. The maximum atomic E-state index is 11.8. The quantitative estimate of drug-likeness (QED) is 0.509. The first-order valence-corrected chi connectivity index (χ1v) is 7.18. The number of carboxylic acid groups (broad SMARTS) is 1. The van der Waals surface area contributed by atoms with Crippen LogP contribution in [0.3, 0.4) is 0 Å². The standard InChI is InChI=1S/C15H17NO5S/c1-15(2,3)6-5-10-7-11(13(22-10)14(20)21-4)16(9-17)8-12(18)19/h7,9H,8H2,1-4H3,(H,18,19). The van der Waals surface area contributed by atoms with E-state index in [0.717, 1.165) is 16.2 Å². The van der Waals surface area contributed by atoms with Gasteiger partial charge in [0.15, 0.2) is 0 Å². The van der Waals surface area contributed by atoms with Crippen molar-refractivity contribution in [1.82, 2.24) is 0 Å². The minimum absolute atomic E-state index is 0.147. The molecule has 118 valence electrons. The molecule has 0 saturated carbocycles. The second kappa shape index (κ2) is 7.09. The SMILES string of the molecule is COC(=O)c1sc(C#CC(C)(C)C)cc1N(C=O)CC(=O)O. The Morgan fingerprint density at radius 2 is 2.09 bits per heavy atom. The summed E-state index contributed by atoms with van der Waals surface area (Å²) in [5.74, 6) is 4.12. The molecule has 0 fully saturated rings. The van der Waals surface area contributed by atoms with Crippen LogP contribution in [0.2, 0.25) is 0 Å². The number of thiophene rings is 1. The molecule has 6 nitrogen and oxygen atoms in total. The molecule has 22 heavy (non-hydrogen) atoms. The Labute approximate surface area is 132 Å². The van der Waals surface area contributed by atoms with E-state index >= 15 is 0 Å². The van der Waals surface area contributed by atoms with Crippen LogP contribution in [-0.4, -0.2) is 37.1 Å². The Hall–Kier alpha value is -2.33. The van der Waals surface area contributed by atoms with Gasteiger partial charge in [0, 0.05) is 5.41 Å². The van der Waals surface area contributed by atoms with E-state index in [9.17, 15) is 14.4 Å². The second-order valence-electron chi connectivity index (χ2n) is 5.44. The molecule has 0 bridgehead atoms. The van der Waals surface area contributed by atoms with Gasteiger partial charge in [-0.3, -0.25) is 9.59 Å². The number of rotatable bonds is 5. The third-order valence-corrected chi connectivity index (χ3v) is 3.41. The summed E-state index contributed by atoms with van der Waals surface area (Å²) in [5.41, 5.74) is -0.0338. The van der Waals surface area contributed by atoms with Gasteiger partial charge in [0.05, 0.1) is 17.7 Å².